The number of anilines is 1. The van der Waals surface area contributed by atoms with E-state index in [4.69, 9.17) is 0 Å². The fraction of sp³-hybridized carbons (Fsp3) is 0.263. The van der Waals surface area contributed by atoms with Gasteiger partial charge in [0.1, 0.15) is 6.04 Å². The summed E-state index contributed by atoms with van der Waals surface area (Å²) in [5.74, 6) is -1.30. The highest BCUT2D eigenvalue weighted by Gasteiger charge is 2.45. The number of H-pyrrole nitrogens is 2. The van der Waals surface area contributed by atoms with Gasteiger partial charge in [0.2, 0.25) is 0 Å². The molecule has 0 saturated carbocycles. The lowest BCUT2D eigenvalue weighted by molar-refractivity contribution is -0.118. The number of carbonyl (C=O) groups excluding carboxylic acids is 2. The SMILES string of the molecule is CC(C)CC(=O)C1=C(O)C(=O)N(c2ccc3[nH]cnc3c2)C1c1cc[nH]n1. The zero-order chi connectivity index (χ0) is 19.1. The van der Waals surface area contributed by atoms with Gasteiger partial charge in [-0.05, 0) is 30.2 Å². The van der Waals surface area contributed by atoms with E-state index in [-0.39, 0.29) is 23.7 Å². The van der Waals surface area contributed by atoms with Gasteiger partial charge in [-0.15, -0.1) is 0 Å². The van der Waals surface area contributed by atoms with E-state index in [0.717, 1.165) is 5.52 Å². The third-order valence-corrected chi connectivity index (χ3v) is 4.59. The van der Waals surface area contributed by atoms with Crippen LogP contribution in [0.3, 0.4) is 0 Å². The average molecular weight is 365 g/mol. The zero-order valence-corrected chi connectivity index (χ0v) is 14.9. The molecule has 8 nitrogen and oxygen atoms in total. The van der Waals surface area contributed by atoms with E-state index in [1.54, 1.807) is 36.8 Å². The van der Waals surface area contributed by atoms with Gasteiger partial charge in [0, 0.05) is 18.3 Å². The van der Waals surface area contributed by atoms with Crippen LogP contribution in [-0.2, 0) is 9.59 Å². The first-order chi connectivity index (χ1) is 13.0. The molecule has 0 spiro atoms. The first-order valence-corrected chi connectivity index (χ1v) is 8.70. The molecule has 0 aliphatic carbocycles. The molecule has 138 valence electrons. The van der Waals surface area contributed by atoms with E-state index in [0.29, 0.717) is 16.9 Å². The third kappa shape index (κ3) is 2.79. The largest absolute Gasteiger partial charge is 0.503 e. The van der Waals surface area contributed by atoms with E-state index in [2.05, 4.69) is 20.2 Å². The zero-order valence-electron chi connectivity index (χ0n) is 14.9. The molecule has 0 saturated heterocycles. The summed E-state index contributed by atoms with van der Waals surface area (Å²) < 4.78 is 0. The molecule has 1 atom stereocenters. The maximum Gasteiger partial charge on any atom is 0.294 e. The summed E-state index contributed by atoms with van der Waals surface area (Å²) in [5.41, 5.74) is 2.62. The van der Waals surface area contributed by atoms with Gasteiger partial charge in [-0.25, -0.2) is 4.98 Å². The number of nitrogens with one attached hydrogen (secondary N) is 2. The molecule has 3 aromatic rings. The highest BCUT2D eigenvalue weighted by atomic mass is 16.3. The number of amides is 1. The normalized spacial score (nSPS) is 17.5. The molecule has 1 amide bonds. The second-order valence-electron chi connectivity index (χ2n) is 6.96. The van der Waals surface area contributed by atoms with Gasteiger partial charge in [-0.1, -0.05) is 13.8 Å². The number of aliphatic hydroxyl groups excluding tert-OH is 1. The number of benzene rings is 1. The fourth-order valence-corrected chi connectivity index (χ4v) is 3.41. The summed E-state index contributed by atoms with van der Waals surface area (Å²) in [4.78, 5) is 34.3. The van der Waals surface area contributed by atoms with Crippen LogP contribution in [0.1, 0.15) is 32.0 Å². The Morgan fingerprint density at radius 1 is 1.33 bits per heavy atom. The Labute approximate surface area is 154 Å². The Morgan fingerprint density at radius 2 is 2.15 bits per heavy atom. The monoisotopic (exact) mass is 365 g/mol. The topological polar surface area (TPSA) is 115 Å². The predicted molar refractivity (Wildman–Crippen MR) is 99.0 cm³/mol. The molecule has 0 bridgehead atoms. The second kappa shape index (κ2) is 6.39. The van der Waals surface area contributed by atoms with Crippen LogP contribution in [0.4, 0.5) is 5.69 Å². The number of aromatic amines is 2. The quantitative estimate of drug-likeness (QED) is 0.643. The van der Waals surface area contributed by atoms with Crippen molar-refractivity contribution in [1.29, 1.82) is 0 Å². The van der Waals surface area contributed by atoms with Crippen molar-refractivity contribution in [2.24, 2.45) is 5.92 Å². The van der Waals surface area contributed by atoms with Crippen LogP contribution in [-0.4, -0.2) is 37.0 Å². The average Bonchev–Trinajstić information content (AvgIpc) is 3.34. The molecule has 8 heteroatoms. The van der Waals surface area contributed by atoms with Crippen LogP contribution in [0.15, 0.2) is 48.1 Å². The Balaban J connectivity index is 1.83. The molecule has 0 radical (unpaired) electrons. The van der Waals surface area contributed by atoms with Crippen molar-refractivity contribution in [3.05, 3.63) is 53.8 Å². The molecule has 2 aromatic heterocycles. The molecule has 3 N–H and O–H groups in total. The minimum absolute atomic E-state index is 0.0860. The van der Waals surface area contributed by atoms with Crippen molar-refractivity contribution in [1.82, 2.24) is 20.2 Å². The number of rotatable bonds is 5. The number of hydrogen-bond acceptors (Lipinski definition) is 5. The van der Waals surface area contributed by atoms with Crippen molar-refractivity contribution < 1.29 is 14.7 Å². The number of ketones is 1. The number of Topliss-reactive ketones (excluding diaryl/α,β-unsaturated/α-hetero) is 1. The van der Waals surface area contributed by atoms with Crippen molar-refractivity contribution in [2.75, 3.05) is 4.90 Å². The number of imidazole rings is 1. The highest BCUT2D eigenvalue weighted by molar-refractivity contribution is 6.16. The van der Waals surface area contributed by atoms with Crippen LogP contribution in [0.25, 0.3) is 11.0 Å². The lowest BCUT2D eigenvalue weighted by Crippen LogP contribution is -2.31. The first kappa shape index (κ1) is 17.0. The molecule has 0 fully saturated rings. The number of hydrogen-bond donors (Lipinski definition) is 3. The standard InChI is InChI=1S/C19H19N5O3/c1-10(2)7-15(25)16-17(13-5-6-22-23-13)24(19(27)18(16)26)11-3-4-12-14(8-11)21-9-20-12/h3-6,8-10,17,26H,7H2,1-2H3,(H,20,21)(H,22,23). The highest BCUT2D eigenvalue weighted by Crippen LogP contribution is 2.41. The third-order valence-electron chi connectivity index (χ3n) is 4.59. The lowest BCUT2D eigenvalue weighted by atomic mass is 9.94. The van der Waals surface area contributed by atoms with Crippen LogP contribution in [0.5, 0.6) is 0 Å². The molecule has 3 heterocycles. The van der Waals surface area contributed by atoms with Crippen LogP contribution < -0.4 is 4.90 Å². The van der Waals surface area contributed by atoms with E-state index in [9.17, 15) is 14.7 Å². The van der Waals surface area contributed by atoms with E-state index in [1.165, 1.54) is 4.90 Å². The van der Waals surface area contributed by atoms with Gasteiger partial charge in [-0.2, -0.15) is 5.10 Å². The van der Waals surface area contributed by atoms with Crippen molar-refractivity contribution in [3.63, 3.8) is 0 Å². The minimum atomic E-state index is -0.786. The Hall–Kier alpha value is -3.42. The van der Waals surface area contributed by atoms with Crippen molar-refractivity contribution >= 4 is 28.4 Å². The maximum atomic E-state index is 12.9. The summed E-state index contributed by atoms with van der Waals surface area (Å²) in [5, 5.41) is 17.4. The number of carbonyl (C=O) groups is 2. The summed E-state index contributed by atoms with van der Waals surface area (Å²) >= 11 is 0. The Bertz CT molecular complexity index is 1050. The molecule has 1 aliphatic heterocycles. The predicted octanol–water partition coefficient (Wildman–Crippen LogP) is 2.80. The van der Waals surface area contributed by atoms with Crippen molar-refractivity contribution in [3.8, 4) is 0 Å². The first-order valence-electron chi connectivity index (χ1n) is 8.70. The van der Waals surface area contributed by atoms with Gasteiger partial charge in [0.25, 0.3) is 5.91 Å². The fourth-order valence-electron chi connectivity index (χ4n) is 3.41. The summed E-state index contributed by atoms with van der Waals surface area (Å²) in [6, 6.07) is 6.20. The number of nitrogens with zero attached hydrogens (tertiary/aromatic N) is 3. The molecular weight excluding hydrogens is 346 g/mol. The molecule has 1 aromatic carbocycles. The Kier molecular flexibility index (Phi) is 4.02. The summed E-state index contributed by atoms with van der Waals surface area (Å²) in [6.45, 7) is 3.83. The maximum absolute atomic E-state index is 12.9. The Morgan fingerprint density at radius 3 is 2.85 bits per heavy atom. The van der Waals surface area contributed by atoms with Gasteiger partial charge < -0.3 is 10.1 Å². The van der Waals surface area contributed by atoms with E-state index < -0.39 is 17.7 Å². The number of aliphatic hydroxyl groups is 1. The van der Waals surface area contributed by atoms with E-state index >= 15 is 0 Å². The smallest absolute Gasteiger partial charge is 0.294 e. The molecule has 1 unspecified atom stereocenters. The van der Waals surface area contributed by atoms with Crippen LogP contribution in [0, 0.1) is 5.92 Å². The van der Waals surface area contributed by atoms with Gasteiger partial charge in [0.15, 0.2) is 11.5 Å². The molecule has 1 aliphatic rings. The second-order valence-corrected chi connectivity index (χ2v) is 6.96. The summed E-state index contributed by atoms with van der Waals surface area (Å²) in [6.07, 6.45) is 3.42. The van der Waals surface area contributed by atoms with Gasteiger partial charge in [0.05, 0.1) is 28.6 Å². The molecule has 27 heavy (non-hydrogen) atoms. The van der Waals surface area contributed by atoms with Crippen LogP contribution in [0.2, 0.25) is 0 Å². The lowest BCUT2D eigenvalue weighted by Gasteiger charge is -2.25. The molecular formula is C19H19N5O3. The van der Waals surface area contributed by atoms with Crippen molar-refractivity contribution in [2.45, 2.75) is 26.3 Å². The van der Waals surface area contributed by atoms with Gasteiger partial charge in [-0.3, -0.25) is 19.6 Å². The van der Waals surface area contributed by atoms with Gasteiger partial charge >= 0.3 is 0 Å². The van der Waals surface area contributed by atoms with E-state index in [1.807, 2.05) is 13.8 Å². The summed E-state index contributed by atoms with van der Waals surface area (Å²) in [7, 11) is 0. The molecule has 4 rings (SSSR count). The minimum Gasteiger partial charge on any atom is -0.503 e. The van der Waals surface area contributed by atoms with Crippen LogP contribution >= 0.6 is 0 Å². The number of fused-ring (bicyclic) bond motifs is 1. The number of aromatic nitrogens is 4.